The molecule has 0 aromatic rings. The van der Waals surface area contributed by atoms with Crippen LogP contribution in [0.2, 0.25) is 4.73 Å². The maximum atomic E-state index is 2.35. The molecule has 0 heterocycles. The quantitative estimate of drug-likeness (QED) is 0.516. The van der Waals surface area contributed by atoms with E-state index >= 15 is 0 Å². The zero-order valence-corrected chi connectivity index (χ0v) is 13.2. The fourth-order valence-corrected chi connectivity index (χ4v) is 2.69. The Labute approximate surface area is 118 Å². The third kappa shape index (κ3) is 3.13. The van der Waals surface area contributed by atoms with E-state index in [-0.39, 0.29) is 24.8 Å². The van der Waals surface area contributed by atoms with Crippen LogP contribution in [-0.2, 0) is 20.4 Å². The molecular formula is C12H19Cl2Ti. The molecule has 0 radical (unpaired) electrons. The molecule has 3 heteroatoms. The Morgan fingerprint density at radius 2 is 1.47 bits per heavy atom. The third-order valence-electron chi connectivity index (χ3n) is 3.64. The van der Waals surface area contributed by atoms with Crippen molar-refractivity contribution in [1.29, 1.82) is 0 Å². The van der Waals surface area contributed by atoms with E-state index in [2.05, 4.69) is 55.1 Å². The first-order valence-electron chi connectivity index (χ1n) is 4.96. The second-order valence-electron chi connectivity index (χ2n) is 4.48. The normalized spacial score (nSPS) is 18.9. The summed E-state index contributed by atoms with van der Waals surface area (Å²) in [6.07, 6.45) is 1.26. The van der Waals surface area contributed by atoms with Crippen molar-refractivity contribution < 1.29 is 45.2 Å². The van der Waals surface area contributed by atoms with E-state index in [1.54, 1.807) is 16.7 Å². The van der Waals surface area contributed by atoms with E-state index in [1.165, 1.54) is 16.7 Å². The molecular weight excluding hydrogens is 263 g/mol. The predicted octanol–water partition coefficient (Wildman–Crippen LogP) is -1.96. The Hall–Kier alpha value is 0.774. The van der Waals surface area contributed by atoms with Crippen LogP contribution in [-0.4, -0.2) is 0 Å². The first-order chi connectivity index (χ1) is 5.92. The van der Waals surface area contributed by atoms with E-state index in [0.29, 0.717) is 5.41 Å². The molecule has 1 aliphatic carbocycles. The van der Waals surface area contributed by atoms with Gasteiger partial charge in [-0.3, -0.25) is 0 Å². The van der Waals surface area contributed by atoms with Crippen LogP contribution >= 0.6 is 0 Å². The molecule has 0 N–H and O–H groups in total. The second kappa shape index (κ2) is 6.50. The molecule has 1 rings (SSSR count). The van der Waals surface area contributed by atoms with Crippen LogP contribution in [0.1, 0.15) is 41.0 Å². The number of allylic oxidation sites excluding steroid dienone is 4. The van der Waals surface area contributed by atoms with Gasteiger partial charge in [-0.25, -0.2) is 0 Å². The monoisotopic (exact) mass is 281 g/mol. The summed E-state index contributed by atoms with van der Waals surface area (Å²) in [4.78, 5) is 0. The van der Waals surface area contributed by atoms with Crippen LogP contribution in [0.25, 0.3) is 0 Å². The van der Waals surface area contributed by atoms with Crippen molar-refractivity contribution in [3.05, 3.63) is 22.3 Å². The molecule has 0 bridgehead atoms. The molecule has 0 saturated carbocycles. The van der Waals surface area contributed by atoms with Crippen LogP contribution in [0.15, 0.2) is 22.3 Å². The molecule has 0 nitrogen and oxygen atoms in total. The van der Waals surface area contributed by atoms with Crippen molar-refractivity contribution in [2.45, 2.75) is 45.8 Å². The third-order valence-corrected chi connectivity index (χ3v) is 4.03. The largest absolute Gasteiger partial charge is 1.00 e. The molecule has 0 fully saturated rings. The number of rotatable bonds is 2. The van der Waals surface area contributed by atoms with Gasteiger partial charge in [0, 0.05) is 0 Å². The van der Waals surface area contributed by atoms with Gasteiger partial charge in [-0.15, -0.1) is 0 Å². The van der Waals surface area contributed by atoms with Gasteiger partial charge in [0.05, 0.1) is 0 Å². The molecule has 0 aromatic carbocycles. The van der Waals surface area contributed by atoms with E-state index in [4.69, 9.17) is 0 Å². The summed E-state index contributed by atoms with van der Waals surface area (Å²) in [5.74, 6) is 0. The number of hydrogen-bond acceptors (Lipinski definition) is 0. The SMILES string of the molecule is CC1=C(C)C(C)(C)C(C[CH2][Ti+2])=C1C.[Cl-].[Cl-]. The van der Waals surface area contributed by atoms with Gasteiger partial charge in [0.1, 0.15) is 0 Å². The Kier molecular flexibility index (Phi) is 7.86. The molecule has 0 spiro atoms. The molecule has 0 unspecified atom stereocenters. The Balaban J connectivity index is 0. The van der Waals surface area contributed by atoms with Gasteiger partial charge in [0.25, 0.3) is 0 Å². The van der Waals surface area contributed by atoms with Gasteiger partial charge in [-0.05, 0) is 0 Å². The van der Waals surface area contributed by atoms with Gasteiger partial charge in [-0.2, -0.15) is 0 Å². The molecule has 85 valence electrons. The molecule has 0 atom stereocenters. The topological polar surface area (TPSA) is 0 Å². The summed E-state index contributed by atoms with van der Waals surface area (Å²) in [6.45, 7) is 11.5. The van der Waals surface area contributed by atoms with Crippen LogP contribution in [0, 0.1) is 5.41 Å². The van der Waals surface area contributed by atoms with Crippen molar-refractivity contribution in [1.82, 2.24) is 0 Å². The molecule has 0 saturated heterocycles. The standard InChI is InChI=1S/C12H19.2ClH.Ti/c1-7-11-9(3)8(2)10(4)12(11,5)6;;;/h1,7H2,2-6H3;2*1H;/q;;;+2/p-2. The maximum Gasteiger partial charge on any atom is -1.00 e. The first kappa shape index (κ1) is 18.1. The Morgan fingerprint density at radius 1 is 1.00 bits per heavy atom. The summed E-state index contributed by atoms with van der Waals surface area (Å²) in [5.41, 5.74) is 6.61. The van der Waals surface area contributed by atoms with Gasteiger partial charge in [0.15, 0.2) is 0 Å². The second-order valence-corrected chi connectivity index (χ2v) is 5.26. The maximum absolute atomic E-state index is 2.35. The van der Waals surface area contributed by atoms with E-state index < -0.39 is 0 Å². The van der Waals surface area contributed by atoms with Crippen molar-refractivity contribution in [3.8, 4) is 0 Å². The first-order valence-corrected chi connectivity index (χ1v) is 6.06. The molecule has 0 aliphatic heterocycles. The summed E-state index contributed by atoms with van der Waals surface area (Å²) in [6, 6.07) is 0. The van der Waals surface area contributed by atoms with Crippen LogP contribution in [0.3, 0.4) is 0 Å². The van der Waals surface area contributed by atoms with E-state index in [9.17, 15) is 0 Å². The summed E-state index contributed by atoms with van der Waals surface area (Å²) in [5, 5.41) is 0. The van der Waals surface area contributed by atoms with Gasteiger partial charge >= 0.3 is 93.9 Å². The minimum Gasteiger partial charge on any atom is -1.00 e. The van der Waals surface area contributed by atoms with E-state index in [0.717, 1.165) is 0 Å². The zero-order chi connectivity index (χ0) is 10.2. The van der Waals surface area contributed by atoms with Crippen LogP contribution in [0.5, 0.6) is 0 Å². The number of hydrogen-bond donors (Lipinski definition) is 0. The van der Waals surface area contributed by atoms with E-state index in [1.807, 2.05) is 0 Å². The Bertz CT molecular complexity index is 288. The van der Waals surface area contributed by atoms with Gasteiger partial charge < -0.3 is 24.8 Å². The fraction of sp³-hybridized carbons (Fsp3) is 0.667. The number of halogens is 2. The molecule has 15 heavy (non-hydrogen) atoms. The van der Waals surface area contributed by atoms with Crippen LogP contribution in [0.4, 0.5) is 0 Å². The average molecular weight is 282 g/mol. The van der Waals surface area contributed by atoms with Gasteiger partial charge in [0.2, 0.25) is 0 Å². The van der Waals surface area contributed by atoms with Crippen LogP contribution < -0.4 is 24.8 Å². The van der Waals surface area contributed by atoms with Crippen molar-refractivity contribution >= 4 is 0 Å². The summed E-state index contributed by atoms with van der Waals surface area (Å²) in [7, 11) is 0. The minimum atomic E-state index is 0. The zero-order valence-electron chi connectivity index (χ0n) is 10.2. The van der Waals surface area contributed by atoms with Crippen molar-refractivity contribution in [3.63, 3.8) is 0 Å². The predicted molar refractivity (Wildman–Crippen MR) is 54.3 cm³/mol. The molecule has 0 aromatic heterocycles. The average Bonchev–Trinajstić information content (AvgIpc) is 2.20. The smallest absolute Gasteiger partial charge is 1.00 e. The Morgan fingerprint density at radius 3 is 1.73 bits per heavy atom. The van der Waals surface area contributed by atoms with Gasteiger partial charge in [-0.1, -0.05) is 0 Å². The van der Waals surface area contributed by atoms with Crippen molar-refractivity contribution in [2.75, 3.05) is 0 Å². The molecule has 1 aliphatic rings. The summed E-state index contributed by atoms with van der Waals surface area (Å²) < 4.78 is 1.26. The molecule has 0 amide bonds. The van der Waals surface area contributed by atoms with Crippen molar-refractivity contribution in [2.24, 2.45) is 5.41 Å². The minimum absolute atomic E-state index is 0. The fourth-order valence-electron chi connectivity index (χ4n) is 2.30. The summed E-state index contributed by atoms with van der Waals surface area (Å²) >= 11 is 2.26.